The molecular formula is C11H16BNO3. The number of hydrogen-bond acceptors (Lipinski definition) is 4. The molecule has 4 nitrogen and oxygen atoms in total. The van der Waals surface area contributed by atoms with E-state index in [0.29, 0.717) is 11.8 Å². The van der Waals surface area contributed by atoms with Gasteiger partial charge in [-0.1, -0.05) is 24.3 Å². The molecule has 1 aromatic carbocycles. The molecule has 0 saturated carbocycles. The highest BCUT2D eigenvalue weighted by Crippen LogP contribution is 1.92. The van der Waals surface area contributed by atoms with Gasteiger partial charge in [-0.05, 0) is 31.4 Å². The van der Waals surface area contributed by atoms with Gasteiger partial charge in [-0.2, -0.15) is 0 Å². The lowest BCUT2D eigenvalue weighted by molar-refractivity contribution is 0.112. The van der Waals surface area contributed by atoms with Crippen LogP contribution in [0.4, 0.5) is 0 Å². The second kappa shape index (κ2) is 7.17. The smallest absolute Gasteiger partial charge is 0.423 e. The van der Waals surface area contributed by atoms with E-state index < -0.39 is 7.12 Å². The summed E-state index contributed by atoms with van der Waals surface area (Å²) < 4.78 is 0. The summed E-state index contributed by atoms with van der Waals surface area (Å²) >= 11 is 0. The summed E-state index contributed by atoms with van der Waals surface area (Å²) in [6.45, 7) is 2.50. The Morgan fingerprint density at radius 1 is 1.19 bits per heavy atom. The van der Waals surface area contributed by atoms with Gasteiger partial charge < -0.3 is 15.4 Å². The van der Waals surface area contributed by atoms with Crippen molar-refractivity contribution >= 4 is 18.9 Å². The maximum atomic E-state index is 10.3. The third-order valence-corrected chi connectivity index (χ3v) is 2.36. The minimum Gasteiger partial charge on any atom is -0.423 e. The fourth-order valence-electron chi connectivity index (χ4n) is 1.48. The summed E-state index contributed by atoms with van der Waals surface area (Å²) in [5.41, 5.74) is 0.546. The minimum absolute atomic E-state index is 0.238. The molecule has 0 radical (unpaired) electrons. The van der Waals surface area contributed by atoms with E-state index in [4.69, 9.17) is 10.0 Å². The van der Waals surface area contributed by atoms with E-state index in [2.05, 4.69) is 5.32 Å². The maximum absolute atomic E-state index is 10.3. The van der Waals surface area contributed by atoms with Gasteiger partial charge in [-0.25, -0.2) is 0 Å². The molecule has 0 unspecified atom stereocenters. The Labute approximate surface area is 95.4 Å². The van der Waals surface area contributed by atoms with E-state index in [9.17, 15) is 4.79 Å². The summed E-state index contributed by atoms with van der Waals surface area (Å²) in [6, 6.07) is 6.33. The van der Waals surface area contributed by atoms with Crippen LogP contribution in [0.1, 0.15) is 23.2 Å². The fraction of sp³-hybridized carbons (Fsp3) is 0.364. The van der Waals surface area contributed by atoms with Gasteiger partial charge in [0.1, 0.15) is 6.29 Å². The van der Waals surface area contributed by atoms with Crippen molar-refractivity contribution in [3.63, 3.8) is 0 Å². The zero-order valence-electron chi connectivity index (χ0n) is 9.10. The standard InChI is InChI=1S/C7H7BO3.C4H9N/c9-5-6-3-1-2-4-7(6)8(10)11;1-2-4-5-3-1/h1-5,10-11H;5H,1-4H2. The molecule has 0 spiro atoms. The van der Waals surface area contributed by atoms with Gasteiger partial charge in [-0.3, -0.25) is 4.79 Å². The monoisotopic (exact) mass is 221 g/mol. The third kappa shape index (κ3) is 4.14. The first-order valence-corrected chi connectivity index (χ1v) is 5.36. The highest BCUT2D eigenvalue weighted by molar-refractivity contribution is 6.60. The quantitative estimate of drug-likeness (QED) is 0.467. The minimum atomic E-state index is -1.57. The number of hydrogen-bond donors (Lipinski definition) is 3. The molecule has 3 N–H and O–H groups in total. The molecule has 1 aliphatic heterocycles. The van der Waals surface area contributed by atoms with Gasteiger partial charge in [0.25, 0.3) is 0 Å². The average molecular weight is 221 g/mol. The Morgan fingerprint density at radius 2 is 1.81 bits per heavy atom. The third-order valence-electron chi connectivity index (χ3n) is 2.36. The van der Waals surface area contributed by atoms with Crippen molar-refractivity contribution < 1.29 is 14.8 Å². The molecule has 5 heteroatoms. The van der Waals surface area contributed by atoms with Gasteiger partial charge in [-0.15, -0.1) is 0 Å². The molecule has 1 aromatic rings. The van der Waals surface area contributed by atoms with E-state index in [-0.39, 0.29) is 5.46 Å². The van der Waals surface area contributed by atoms with Crippen LogP contribution in [-0.2, 0) is 0 Å². The molecule has 86 valence electrons. The Balaban J connectivity index is 0.000000212. The molecule has 1 aliphatic rings. The van der Waals surface area contributed by atoms with Crippen LogP contribution >= 0.6 is 0 Å². The topological polar surface area (TPSA) is 69.6 Å². The first-order valence-electron chi connectivity index (χ1n) is 5.36. The predicted octanol–water partition coefficient (Wildman–Crippen LogP) is -0.451. The van der Waals surface area contributed by atoms with Gasteiger partial charge in [0.15, 0.2) is 0 Å². The second-order valence-corrected chi connectivity index (χ2v) is 3.58. The second-order valence-electron chi connectivity index (χ2n) is 3.58. The number of aldehydes is 1. The zero-order chi connectivity index (χ0) is 11.8. The summed E-state index contributed by atoms with van der Waals surface area (Å²) in [4.78, 5) is 10.3. The highest BCUT2D eigenvalue weighted by atomic mass is 16.4. The van der Waals surface area contributed by atoms with Crippen LogP contribution in [0, 0.1) is 0 Å². The van der Waals surface area contributed by atoms with Crippen LogP contribution in [0.2, 0.25) is 0 Å². The summed E-state index contributed by atoms with van der Waals surface area (Å²) in [7, 11) is -1.57. The maximum Gasteiger partial charge on any atom is 0.489 e. The largest absolute Gasteiger partial charge is 0.489 e. The van der Waals surface area contributed by atoms with E-state index in [1.165, 1.54) is 38.1 Å². The van der Waals surface area contributed by atoms with Crippen LogP contribution in [0.15, 0.2) is 24.3 Å². The van der Waals surface area contributed by atoms with Gasteiger partial charge in [0.2, 0.25) is 0 Å². The normalized spacial score (nSPS) is 13.9. The predicted molar refractivity (Wildman–Crippen MR) is 63.8 cm³/mol. The van der Waals surface area contributed by atoms with Crippen molar-refractivity contribution in [1.29, 1.82) is 0 Å². The van der Waals surface area contributed by atoms with E-state index in [1.54, 1.807) is 12.1 Å². The summed E-state index contributed by atoms with van der Waals surface area (Å²) in [6.07, 6.45) is 3.37. The first-order chi connectivity index (χ1) is 7.75. The van der Waals surface area contributed by atoms with Crippen LogP contribution in [0.3, 0.4) is 0 Å². The number of carbonyl (C=O) groups excluding carboxylic acids is 1. The van der Waals surface area contributed by atoms with Crippen LogP contribution in [-0.4, -0.2) is 36.5 Å². The SMILES string of the molecule is C1CCNC1.O=Cc1ccccc1B(O)O. The zero-order valence-corrected chi connectivity index (χ0v) is 9.10. The van der Waals surface area contributed by atoms with Gasteiger partial charge in [0, 0.05) is 5.56 Å². The Morgan fingerprint density at radius 3 is 2.19 bits per heavy atom. The Kier molecular flexibility index (Phi) is 5.78. The first kappa shape index (κ1) is 12.9. The molecule has 1 fully saturated rings. The number of rotatable bonds is 2. The average Bonchev–Trinajstić information content (AvgIpc) is 2.87. The number of benzene rings is 1. The molecule has 2 rings (SSSR count). The van der Waals surface area contributed by atoms with Crippen molar-refractivity contribution in [2.45, 2.75) is 12.8 Å². The van der Waals surface area contributed by atoms with Crippen LogP contribution < -0.4 is 10.8 Å². The van der Waals surface area contributed by atoms with Crippen LogP contribution in [0.5, 0.6) is 0 Å². The lowest BCUT2D eigenvalue weighted by atomic mass is 9.77. The molecule has 16 heavy (non-hydrogen) atoms. The Bertz CT molecular complexity index is 319. The van der Waals surface area contributed by atoms with Crippen molar-refractivity contribution in [2.75, 3.05) is 13.1 Å². The summed E-state index contributed by atoms with van der Waals surface area (Å²) in [5, 5.41) is 20.7. The lowest BCUT2D eigenvalue weighted by Crippen LogP contribution is -2.32. The van der Waals surface area contributed by atoms with E-state index in [0.717, 1.165) is 0 Å². The van der Waals surface area contributed by atoms with Gasteiger partial charge in [0.05, 0.1) is 0 Å². The highest BCUT2D eigenvalue weighted by Gasteiger charge is 2.13. The fourth-order valence-corrected chi connectivity index (χ4v) is 1.48. The van der Waals surface area contributed by atoms with Crippen molar-refractivity contribution in [1.82, 2.24) is 5.32 Å². The molecule has 0 aliphatic carbocycles. The van der Waals surface area contributed by atoms with Gasteiger partial charge >= 0.3 is 7.12 Å². The molecule has 0 bridgehead atoms. The summed E-state index contributed by atoms with van der Waals surface area (Å²) in [5.74, 6) is 0. The molecule has 1 heterocycles. The van der Waals surface area contributed by atoms with Crippen molar-refractivity contribution in [3.8, 4) is 0 Å². The number of nitrogens with one attached hydrogen (secondary N) is 1. The van der Waals surface area contributed by atoms with Crippen molar-refractivity contribution in [3.05, 3.63) is 29.8 Å². The van der Waals surface area contributed by atoms with Crippen LogP contribution in [0.25, 0.3) is 0 Å². The molecule has 0 amide bonds. The lowest BCUT2D eigenvalue weighted by Gasteiger charge is -2.00. The Hall–Kier alpha value is -1.17. The van der Waals surface area contributed by atoms with E-state index >= 15 is 0 Å². The number of carbonyl (C=O) groups is 1. The molecule has 1 saturated heterocycles. The molecule has 0 atom stereocenters. The van der Waals surface area contributed by atoms with Crippen molar-refractivity contribution in [2.24, 2.45) is 0 Å². The molecule has 0 aromatic heterocycles. The van der Waals surface area contributed by atoms with E-state index in [1.807, 2.05) is 0 Å². The molecular weight excluding hydrogens is 205 g/mol.